The van der Waals surface area contributed by atoms with Crippen molar-refractivity contribution >= 4 is 11.9 Å². The van der Waals surface area contributed by atoms with Crippen molar-refractivity contribution in [3.63, 3.8) is 0 Å². The molecule has 104 valence electrons. The monoisotopic (exact) mass is 263 g/mol. The average Bonchev–Trinajstić information content (AvgIpc) is 2.44. The molecule has 19 heavy (non-hydrogen) atoms. The molecule has 0 N–H and O–H groups in total. The highest BCUT2D eigenvalue weighted by atomic mass is 16.5. The third kappa shape index (κ3) is 5.12. The first kappa shape index (κ1) is 15.2. The number of amides is 1. The Morgan fingerprint density at radius 3 is 2.47 bits per heavy atom. The quantitative estimate of drug-likeness (QED) is 0.736. The number of aryl methyl sites for hydroxylation is 1. The van der Waals surface area contributed by atoms with Crippen LogP contribution in [0.2, 0.25) is 0 Å². The fourth-order valence-electron chi connectivity index (χ4n) is 1.88. The Hall–Kier alpha value is -1.84. The highest BCUT2D eigenvalue weighted by molar-refractivity contribution is 5.77. The van der Waals surface area contributed by atoms with Crippen molar-refractivity contribution in [2.75, 3.05) is 20.7 Å². The van der Waals surface area contributed by atoms with Crippen LogP contribution in [0.25, 0.3) is 0 Å². The molecule has 4 heteroatoms. The van der Waals surface area contributed by atoms with Gasteiger partial charge in [0.15, 0.2) is 0 Å². The van der Waals surface area contributed by atoms with E-state index < -0.39 is 0 Å². The van der Waals surface area contributed by atoms with Crippen LogP contribution < -0.4 is 0 Å². The van der Waals surface area contributed by atoms with Crippen molar-refractivity contribution in [2.24, 2.45) is 5.92 Å². The summed E-state index contributed by atoms with van der Waals surface area (Å²) in [5.41, 5.74) is 1.14. The Kier molecular flexibility index (Phi) is 6.06. The van der Waals surface area contributed by atoms with Gasteiger partial charge in [-0.15, -0.1) is 0 Å². The predicted octanol–water partition coefficient (Wildman–Crippen LogP) is 1.89. The van der Waals surface area contributed by atoms with Crippen LogP contribution in [0.15, 0.2) is 30.3 Å². The van der Waals surface area contributed by atoms with Crippen LogP contribution in [0.1, 0.15) is 18.9 Å². The van der Waals surface area contributed by atoms with E-state index >= 15 is 0 Å². The number of rotatable bonds is 6. The van der Waals surface area contributed by atoms with E-state index in [2.05, 4.69) is 4.74 Å². The molecule has 0 aliphatic rings. The van der Waals surface area contributed by atoms with E-state index in [1.54, 1.807) is 18.9 Å². The largest absolute Gasteiger partial charge is 0.469 e. The lowest BCUT2D eigenvalue weighted by Crippen LogP contribution is -2.34. The third-order valence-electron chi connectivity index (χ3n) is 3.05. The Bertz CT molecular complexity index is 417. The molecule has 1 aromatic carbocycles. The zero-order valence-electron chi connectivity index (χ0n) is 11.8. The van der Waals surface area contributed by atoms with Gasteiger partial charge >= 0.3 is 5.97 Å². The number of hydrogen-bond donors (Lipinski definition) is 0. The van der Waals surface area contributed by atoms with Crippen molar-refractivity contribution < 1.29 is 14.3 Å². The summed E-state index contributed by atoms with van der Waals surface area (Å²) in [4.78, 5) is 24.8. The Morgan fingerprint density at radius 2 is 1.89 bits per heavy atom. The molecule has 0 fully saturated rings. The number of benzene rings is 1. The second-order valence-corrected chi connectivity index (χ2v) is 4.68. The Balaban J connectivity index is 2.39. The summed E-state index contributed by atoms with van der Waals surface area (Å²) in [5.74, 6) is -0.544. The van der Waals surface area contributed by atoms with Crippen LogP contribution in [0, 0.1) is 5.92 Å². The van der Waals surface area contributed by atoms with E-state index in [0.29, 0.717) is 13.0 Å². The molecule has 1 amide bonds. The van der Waals surface area contributed by atoms with Crippen LogP contribution in [-0.4, -0.2) is 37.5 Å². The van der Waals surface area contributed by atoms with Crippen LogP contribution in [-0.2, 0) is 20.7 Å². The zero-order valence-corrected chi connectivity index (χ0v) is 11.8. The lowest BCUT2D eigenvalue weighted by molar-refractivity contribution is -0.146. The van der Waals surface area contributed by atoms with Gasteiger partial charge in [0.25, 0.3) is 0 Å². The molecule has 1 aromatic rings. The maximum Gasteiger partial charge on any atom is 0.310 e. The molecule has 4 nitrogen and oxygen atoms in total. The van der Waals surface area contributed by atoms with Gasteiger partial charge in [-0.25, -0.2) is 0 Å². The second-order valence-electron chi connectivity index (χ2n) is 4.68. The summed E-state index contributed by atoms with van der Waals surface area (Å²) in [5, 5.41) is 0. The number of carbonyl (C=O) groups is 2. The molecule has 0 aromatic heterocycles. The van der Waals surface area contributed by atoms with Gasteiger partial charge in [0.2, 0.25) is 5.91 Å². The SMILES string of the molecule is COC(=O)C(C)CN(C)C(=O)CCc1ccccc1. The maximum absolute atomic E-state index is 11.9. The molecule has 0 heterocycles. The topological polar surface area (TPSA) is 46.6 Å². The van der Waals surface area contributed by atoms with Crippen molar-refractivity contribution in [1.29, 1.82) is 0 Å². The average molecular weight is 263 g/mol. The normalized spacial score (nSPS) is 11.7. The minimum absolute atomic E-state index is 0.0413. The van der Waals surface area contributed by atoms with Gasteiger partial charge in [-0.2, -0.15) is 0 Å². The fraction of sp³-hybridized carbons (Fsp3) is 0.467. The minimum atomic E-state index is -0.296. The van der Waals surface area contributed by atoms with Crippen LogP contribution in [0.4, 0.5) is 0 Å². The summed E-state index contributed by atoms with van der Waals surface area (Å²) in [6.45, 7) is 2.15. The minimum Gasteiger partial charge on any atom is -0.469 e. The lowest BCUT2D eigenvalue weighted by atomic mass is 10.1. The first-order chi connectivity index (χ1) is 9.04. The summed E-state index contributed by atoms with van der Waals surface area (Å²) < 4.78 is 4.65. The first-order valence-corrected chi connectivity index (χ1v) is 6.40. The molecule has 1 atom stereocenters. The van der Waals surface area contributed by atoms with E-state index in [1.165, 1.54) is 7.11 Å². The molecule has 0 spiro atoms. The number of ether oxygens (including phenoxy) is 1. The standard InChI is InChI=1S/C15H21NO3/c1-12(15(18)19-3)11-16(2)14(17)10-9-13-7-5-4-6-8-13/h4-8,12H,9-11H2,1-3H3. The number of esters is 1. The highest BCUT2D eigenvalue weighted by Gasteiger charge is 2.18. The molecule has 0 aliphatic heterocycles. The summed E-state index contributed by atoms with van der Waals surface area (Å²) in [7, 11) is 3.07. The van der Waals surface area contributed by atoms with E-state index in [9.17, 15) is 9.59 Å². The van der Waals surface area contributed by atoms with Gasteiger partial charge in [0, 0.05) is 20.0 Å². The molecule has 1 rings (SSSR count). The second kappa shape index (κ2) is 7.56. The van der Waals surface area contributed by atoms with E-state index in [-0.39, 0.29) is 17.8 Å². The maximum atomic E-state index is 11.9. The van der Waals surface area contributed by atoms with Crippen molar-refractivity contribution in [3.05, 3.63) is 35.9 Å². The van der Waals surface area contributed by atoms with Gasteiger partial charge in [-0.05, 0) is 12.0 Å². The number of nitrogens with zero attached hydrogens (tertiary/aromatic N) is 1. The Labute approximate surface area is 114 Å². The van der Waals surface area contributed by atoms with Gasteiger partial charge < -0.3 is 9.64 Å². The molecule has 0 radical (unpaired) electrons. The molecule has 1 unspecified atom stereocenters. The summed E-state index contributed by atoms with van der Waals surface area (Å²) in [6, 6.07) is 9.88. The van der Waals surface area contributed by atoms with E-state index in [0.717, 1.165) is 12.0 Å². The van der Waals surface area contributed by atoms with Crippen molar-refractivity contribution in [2.45, 2.75) is 19.8 Å². The van der Waals surface area contributed by atoms with Gasteiger partial charge in [-0.3, -0.25) is 9.59 Å². The van der Waals surface area contributed by atoms with Crippen molar-refractivity contribution in [1.82, 2.24) is 4.90 Å². The molecule has 0 aliphatic carbocycles. The molecular formula is C15H21NO3. The zero-order chi connectivity index (χ0) is 14.3. The molecule has 0 saturated heterocycles. The first-order valence-electron chi connectivity index (χ1n) is 6.40. The number of methoxy groups -OCH3 is 1. The van der Waals surface area contributed by atoms with Crippen LogP contribution >= 0.6 is 0 Å². The van der Waals surface area contributed by atoms with E-state index in [4.69, 9.17) is 0 Å². The van der Waals surface area contributed by atoms with Crippen molar-refractivity contribution in [3.8, 4) is 0 Å². The highest BCUT2D eigenvalue weighted by Crippen LogP contribution is 2.06. The van der Waals surface area contributed by atoms with Gasteiger partial charge in [0.1, 0.15) is 0 Å². The molecule has 0 saturated carbocycles. The summed E-state index contributed by atoms with van der Waals surface area (Å²) >= 11 is 0. The van der Waals surface area contributed by atoms with Crippen LogP contribution in [0.3, 0.4) is 0 Å². The number of hydrogen-bond acceptors (Lipinski definition) is 3. The lowest BCUT2D eigenvalue weighted by Gasteiger charge is -2.20. The van der Waals surface area contributed by atoms with Crippen LogP contribution in [0.5, 0.6) is 0 Å². The third-order valence-corrected chi connectivity index (χ3v) is 3.05. The fourth-order valence-corrected chi connectivity index (χ4v) is 1.88. The number of carbonyl (C=O) groups excluding carboxylic acids is 2. The Morgan fingerprint density at radius 1 is 1.26 bits per heavy atom. The van der Waals surface area contributed by atoms with Gasteiger partial charge in [-0.1, -0.05) is 37.3 Å². The van der Waals surface area contributed by atoms with E-state index in [1.807, 2.05) is 30.3 Å². The van der Waals surface area contributed by atoms with Gasteiger partial charge in [0.05, 0.1) is 13.0 Å². The predicted molar refractivity (Wildman–Crippen MR) is 73.6 cm³/mol. The summed E-state index contributed by atoms with van der Waals surface area (Å²) in [6.07, 6.45) is 1.17. The molecular weight excluding hydrogens is 242 g/mol. The molecule has 0 bridgehead atoms. The smallest absolute Gasteiger partial charge is 0.310 e.